The van der Waals surface area contributed by atoms with E-state index < -0.39 is 29.5 Å². The maximum atomic E-state index is 13.0. The number of carbonyl (C=O) groups excluding carboxylic acids is 1. The highest BCUT2D eigenvalue weighted by Gasteiger charge is 2.37. The Morgan fingerprint density at radius 1 is 1.26 bits per heavy atom. The third kappa shape index (κ3) is 5.41. The van der Waals surface area contributed by atoms with E-state index in [1.165, 1.54) is 0 Å². The zero-order valence-electron chi connectivity index (χ0n) is 13.1. The van der Waals surface area contributed by atoms with Crippen LogP contribution in [-0.4, -0.2) is 11.7 Å². The lowest BCUT2D eigenvalue weighted by Gasteiger charge is -2.24. The second kappa shape index (κ2) is 6.34. The SMILES string of the molecule is CC(C)(C)OC(=O)NC(c1cc(Br)cc(C(F)(F)F)c1)C1CC1. The quantitative estimate of drug-likeness (QED) is 0.741. The summed E-state index contributed by atoms with van der Waals surface area (Å²) in [7, 11) is 0. The minimum absolute atomic E-state index is 0.137. The molecular formula is C16H19BrF3NO2. The largest absolute Gasteiger partial charge is 0.444 e. The van der Waals surface area contributed by atoms with Gasteiger partial charge in [-0.05, 0) is 63.3 Å². The number of amides is 1. The summed E-state index contributed by atoms with van der Waals surface area (Å²) in [5.41, 5.74) is -0.967. The molecule has 0 aliphatic heterocycles. The molecule has 1 aromatic rings. The molecule has 1 N–H and O–H groups in total. The fourth-order valence-corrected chi connectivity index (χ4v) is 2.80. The third-order valence-corrected chi connectivity index (χ3v) is 3.83. The van der Waals surface area contributed by atoms with E-state index in [0.29, 0.717) is 10.0 Å². The number of hydrogen-bond acceptors (Lipinski definition) is 2. The van der Waals surface area contributed by atoms with Crippen LogP contribution in [0.5, 0.6) is 0 Å². The first-order valence-electron chi connectivity index (χ1n) is 7.33. The van der Waals surface area contributed by atoms with Crippen molar-refractivity contribution in [3.63, 3.8) is 0 Å². The van der Waals surface area contributed by atoms with Crippen molar-refractivity contribution in [1.82, 2.24) is 5.32 Å². The Kier molecular flexibility index (Phi) is 4.99. The van der Waals surface area contributed by atoms with Gasteiger partial charge in [-0.25, -0.2) is 4.79 Å². The Morgan fingerprint density at radius 2 is 1.87 bits per heavy atom. The maximum Gasteiger partial charge on any atom is 0.416 e. The second-order valence-corrected chi connectivity index (χ2v) is 7.65. The molecule has 1 amide bonds. The van der Waals surface area contributed by atoms with E-state index in [-0.39, 0.29) is 5.92 Å². The first kappa shape index (κ1) is 18.1. The molecule has 1 aliphatic carbocycles. The number of hydrogen-bond donors (Lipinski definition) is 1. The van der Waals surface area contributed by atoms with E-state index in [1.807, 2.05) is 0 Å². The van der Waals surface area contributed by atoms with Gasteiger partial charge in [0.25, 0.3) is 0 Å². The molecule has 1 aromatic carbocycles. The highest BCUT2D eigenvalue weighted by atomic mass is 79.9. The van der Waals surface area contributed by atoms with Crippen molar-refractivity contribution < 1.29 is 22.7 Å². The van der Waals surface area contributed by atoms with Crippen molar-refractivity contribution in [2.24, 2.45) is 5.92 Å². The van der Waals surface area contributed by atoms with Gasteiger partial charge in [0, 0.05) is 4.47 Å². The summed E-state index contributed by atoms with van der Waals surface area (Å²) in [6, 6.07) is 3.24. The predicted molar refractivity (Wildman–Crippen MR) is 84.0 cm³/mol. The normalized spacial score (nSPS) is 16.8. The van der Waals surface area contributed by atoms with E-state index in [2.05, 4.69) is 21.2 Å². The summed E-state index contributed by atoms with van der Waals surface area (Å²) in [5.74, 6) is 0.137. The topological polar surface area (TPSA) is 38.3 Å². The van der Waals surface area contributed by atoms with Crippen molar-refractivity contribution in [1.29, 1.82) is 0 Å². The molecule has 3 nitrogen and oxygen atoms in total. The van der Waals surface area contributed by atoms with E-state index in [4.69, 9.17) is 4.74 Å². The molecule has 1 unspecified atom stereocenters. The fourth-order valence-electron chi connectivity index (χ4n) is 2.29. The Labute approximate surface area is 141 Å². The zero-order chi connectivity index (χ0) is 17.4. The summed E-state index contributed by atoms with van der Waals surface area (Å²) in [5, 5.41) is 2.71. The summed E-state index contributed by atoms with van der Waals surface area (Å²) >= 11 is 3.11. The van der Waals surface area contributed by atoms with Gasteiger partial charge in [0.15, 0.2) is 0 Å². The maximum absolute atomic E-state index is 13.0. The molecule has 7 heteroatoms. The summed E-state index contributed by atoms with van der Waals surface area (Å²) in [6.07, 6.45) is -3.32. The number of halogens is 4. The summed E-state index contributed by atoms with van der Waals surface area (Å²) in [4.78, 5) is 12.0. The Hall–Kier alpha value is -1.24. The van der Waals surface area contributed by atoms with E-state index >= 15 is 0 Å². The smallest absolute Gasteiger partial charge is 0.416 e. The van der Waals surface area contributed by atoms with Crippen molar-refractivity contribution in [2.75, 3.05) is 0 Å². The van der Waals surface area contributed by atoms with Crippen LogP contribution in [0.2, 0.25) is 0 Å². The molecule has 2 rings (SSSR count). The number of ether oxygens (including phenoxy) is 1. The lowest BCUT2D eigenvalue weighted by atomic mass is 10.00. The first-order valence-corrected chi connectivity index (χ1v) is 8.12. The Balaban J connectivity index is 2.25. The molecule has 128 valence electrons. The number of nitrogens with one attached hydrogen (secondary N) is 1. The molecule has 0 aromatic heterocycles. The lowest BCUT2D eigenvalue weighted by molar-refractivity contribution is -0.137. The van der Waals surface area contributed by atoms with Gasteiger partial charge in [-0.2, -0.15) is 13.2 Å². The predicted octanol–water partition coefficient (Wildman–Crippen LogP) is 5.44. The van der Waals surface area contributed by atoms with Gasteiger partial charge < -0.3 is 10.1 Å². The number of benzene rings is 1. The lowest BCUT2D eigenvalue weighted by Crippen LogP contribution is -2.35. The highest BCUT2D eigenvalue weighted by molar-refractivity contribution is 9.10. The minimum Gasteiger partial charge on any atom is -0.444 e. The number of carbonyl (C=O) groups is 1. The molecule has 0 spiro atoms. The van der Waals surface area contributed by atoms with Crippen LogP contribution >= 0.6 is 15.9 Å². The van der Waals surface area contributed by atoms with E-state index in [1.54, 1.807) is 26.8 Å². The minimum atomic E-state index is -4.43. The molecule has 23 heavy (non-hydrogen) atoms. The van der Waals surface area contributed by atoms with Gasteiger partial charge in [0.1, 0.15) is 5.60 Å². The number of alkyl halides is 3. The Bertz CT molecular complexity index is 592. The molecular weight excluding hydrogens is 375 g/mol. The molecule has 0 heterocycles. The van der Waals surface area contributed by atoms with Crippen molar-refractivity contribution in [3.8, 4) is 0 Å². The molecule has 1 aliphatic rings. The first-order chi connectivity index (χ1) is 10.5. The van der Waals surface area contributed by atoms with Crippen LogP contribution in [0.3, 0.4) is 0 Å². The fraction of sp³-hybridized carbons (Fsp3) is 0.562. The molecule has 1 fully saturated rings. The van der Waals surface area contributed by atoms with Crippen LogP contribution < -0.4 is 5.32 Å². The number of rotatable bonds is 3. The average Bonchev–Trinajstić information content (AvgIpc) is 3.16. The van der Waals surface area contributed by atoms with Crippen molar-refractivity contribution in [2.45, 2.75) is 51.4 Å². The summed E-state index contributed by atoms with van der Waals surface area (Å²) < 4.78 is 44.5. The molecule has 1 saturated carbocycles. The van der Waals surface area contributed by atoms with Crippen molar-refractivity contribution in [3.05, 3.63) is 33.8 Å². The monoisotopic (exact) mass is 393 g/mol. The van der Waals surface area contributed by atoms with Gasteiger partial charge in [-0.15, -0.1) is 0 Å². The van der Waals surface area contributed by atoms with Crippen LogP contribution in [-0.2, 0) is 10.9 Å². The van der Waals surface area contributed by atoms with Gasteiger partial charge in [-0.3, -0.25) is 0 Å². The van der Waals surface area contributed by atoms with Gasteiger partial charge in [0.05, 0.1) is 11.6 Å². The summed E-state index contributed by atoms with van der Waals surface area (Å²) in [6.45, 7) is 5.21. The van der Waals surface area contributed by atoms with Crippen LogP contribution in [0.15, 0.2) is 22.7 Å². The molecule has 1 atom stereocenters. The van der Waals surface area contributed by atoms with E-state index in [0.717, 1.165) is 25.0 Å². The Morgan fingerprint density at radius 3 is 2.35 bits per heavy atom. The highest BCUT2D eigenvalue weighted by Crippen LogP contribution is 2.43. The molecule has 0 radical (unpaired) electrons. The number of alkyl carbamates (subject to hydrolysis) is 1. The second-order valence-electron chi connectivity index (χ2n) is 6.73. The van der Waals surface area contributed by atoms with Crippen LogP contribution in [0, 0.1) is 5.92 Å². The molecule has 0 saturated heterocycles. The average molecular weight is 394 g/mol. The van der Waals surface area contributed by atoms with E-state index in [9.17, 15) is 18.0 Å². The van der Waals surface area contributed by atoms with Gasteiger partial charge in [0.2, 0.25) is 0 Å². The van der Waals surface area contributed by atoms with Gasteiger partial charge >= 0.3 is 12.3 Å². The van der Waals surface area contributed by atoms with Crippen LogP contribution in [0.25, 0.3) is 0 Å². The van der Waals surface area contributed by atoms with Crippen LogP contribution in [0.4, 0.5) is 18.0 Å². The van der Waals surface area contributed by atoms with Crippen LogP contribution in [0.1, 0.15) is 50.8 Å². The zero-order valence-corrected chi connectivity index (χ0v) is 14.7. The standard InChI is InChI=1S/C16H19BrF3NO2/c1-15(2,3)23-14(22)21-13(9-4-5-9)10-6-11(16(18,19)20)8-12(17)7-10/h6-9,13H,4-5H2,1-3H3,(H,21,22). The van der Waals surface area contributed by atoms with Crippen molar-refractivity contribution >= 4 is 22.0 Å². The third-order valence-electron chi connectivity index (χ3n) is 3.37. The molecule has 0 bridgehead atoms. The van der Waals surface area contributed by atoms with Gasteiger partial charge in [-0.1, -0.05) is 15.9 Å².